The summed E-state index contributed by atoms with van der Waals surface area (Å²) < 4.78 is 0. The molecule has 39 heavy (non-hydrogen) atoms. The molecule has 0 radical (unpaired) electrons. The van der Waals surface area contributed by atoms with Gasteiger partial charge in [-0.15, -0.1) is 0 Å². The monoisotopic (exact) mass is 527 g/mol. The van der Waals surface area contributed by atoms with Gasteiger partial charge in [0.2, 0.25) is 5.91 Å². The van der Waals surface area contributed by atoms with Gasteiger partial charge in [-0.1, -0.05) is 44.9 Å². The number of aryl methyl sites for hydroxylation is 1. The molecular weight excluding hydrogens is 482 g/mol. The summed E-state index contributed by atoms with van der Waals surface area (Å²) in [5.41, 5.74) is 6.92. The number of carbonyl (C=O) groups excluding carboxylic acids is 1. The first kappa shape index (κ1) is 28.8. The van der Waals surface area contributed by atoms with Crippen molar-refractivity contribution < 1.29 is 4.79 Å². The van der Waals surface area contributed by atoms with Gasteiger partial charge in [0.25, 0.3) is 0 Å². The highest BCUT2D eigenvalue weighted by atomic mass is 16.2. The van der Waals surface area contributed by atoms with E-state index in [9.17, 15) is 10.1 Å². The molecule has 0 aromatic heterocycles. The number of hydrazone groups is 1. The lowest BCUT2D eigenvalue weighted by Gasteiger charge is -2.35. The van der Waals surface area contributed by atoms with Crippen molar-refractivity contribution in [1.82, 2.24) is 9.80 Å². The quantitative estimate of drug-likeness (QED) is 0.357. The summed E-state index contributed by atoms with van der Waals surface area (Å²) in [5, 5.41) is 17.0. The molecule has 0 saturated heterocycles. The molecule has 2 fully saturated rings. The summed E-state index contributed by atoms with van der Waals surface area (Å²) in [6.45, 7) is 10.1. The molecule has 208 valence electrons. The fourth-order valence-electron chi connectivity index (χ4n) is 6.38. The van der Waals surface area contributed by atoms with Gasteiger partial charge in [0.05, 0.1) is 29.1 Å². The first-order valence-electron chi connectivity index (χ1n) is 14.6. The van der Waals surface area contributed by atoms with E-state index in [2.05, 4.69) is 47.7 Å². The number of anilines is 1. The second-order valence-corrected chi connectivity index (χ2v) is 11.8. The standard InChI is InChI=1S/C33H45N5O/c1-7-10-26(33(39)37(6)20-19-36(4)5)15-18-29-23(2)13-17-30-31(29)35-38(32(30)25-11-8-9-12-25)28-16-14-27(22-34)24(3)21-28/h14-16,18,21,25,30,32H,2,7-13,17,19-20H2,1,3-6H3/b26-15+,29-18+. The van der Waals surface area contributed by atoms with Crippen LogP contribution in [0.25, 0.3) is 0 Å². The van der Waals surface area contributed by atoms with E-state index >= 15 is 0 Å². The van der Waals surface area contributed by atoms with Crippen LogP contribution in [0, 0.1) is 30.1 Å². The third-order valence-electron chi connectivity index (χ3n) is 8.63. The summed E-state index contributed by atoms with van der Waals surface area (Å²) >= 11 is 0. The van der Waals surface area contributed by atoms with Crippen LogP contribution in [0.1, 0.15) is 69.4 Å². The van der Waals surface area contributed by atoms with Crippen molar-refractivity contribution in [1.29, 1.82) is 5.26 Å². The van der Waals surface area contributed by atoms with Crippen molar-refractivity contribution in [2.75, 3.05) is 39.2 Å². The SMILES string of the molecule is C=C1CCC2C(=NN(c3ccc(C#N)c(C)c3)C2C2CCCC2)/C1=C/C=C(\CCC)C(=O)N(C)CCN(C)C. The molecule has 0 N–H and O–H groups in total. The van der Waals surface area contributed by atoms with E-state index in [0.29, 0.717) is 30.0 Å². The van der Waals surface area contributed by atoms with E-state index in [1.807, 2.05) is 45.1 Å². The molecule has 2 saturated carbocycles. The van der Waals surface area contributed by atoms with Gasteiger partial charge in [-0.25, -0.2) is 0 Å². The van der Waals surface area contributed by atoms with Gasteiger partial charge in [-0.05, 0) is 88.4 Å². The Morgan fingerprint density at radius 3 is 2.59 bits per heavy atom. The first-order chi connectivity index (χ1) is 18.7. The molecule has 1 aromatic rings. The molecule has 2 aliphatic carbocycles. The van der Waals surface area contributed by atoms with Crippen LogP contribution in [0.2, 0.25) is 0 Å². The van der Waals surface area contributed by atoms with Crippen LogP contribution in [0.4, 0.5) is 5.69 Å². The Morgan fingerprint density at radius 1 is 1.21 bits per heavy atom. The van der Waals surface area contributed by atoms with Crippen molar-refractivity contribution >= 4 is 17.3 Å². The van der Waals surface area contributed by atoms with Crippen molar-refractivity contribution in [2.45, 2.75) is 71.3 Å². The van der Waals surface area contributed by atoms with Crippen molar-refractivity contribution in [3.05, 3.63) is 64.8 Å². The molecule has 1 aliphatic heterocycles. The van der Waals surface area contributed by atoms with Crippen LogP contribution in [-0.4, -0.2) is 61.7 Å². The molecule has 0 bridgehead atoms. The van der Waals surface area contributed by atoms with Gasteiger partial charge in [0, 0.05) is 37.2 Å². The molecule has 4 rings (SSSR count). The number of rotatable bonds is 9. The zero-order valence-corrected chi connectivity index (χ0v) is 24.5. The van der Waals surface area contributed by atoms with Crippen LogP contribution in [0.3, 0.4) is 0 Å². The number of benzene rings is 1. The zero-order valence-electron chi connectivity index (χ0n) is 24.5. The molecule has 1 heterocycles. The lowest BCUT2D eigenvalue weighted by atomic mass is 9.74. The van der Waals surface area contributed by atoms with Gasteiger partial charge in [0.1, 0.15) is 0 Å². The van der Waals surface area contributed by atoms with Gasteiger partial charge >= 0.3 is 0 Å². The van der Waals surface area contributed by atoms with Gasteiger partial charge in [0.15, 0.2) is 0 Å². The predicted molar refractivity (Wildman–Crippen MR) is 161 cm³/mol. The predicted octanol–water partition coefficient (Wildman–Crippen LogP) is 6.24. The van der Waals surface area contributed by atoms with Gasteiger partial charge in [-0.3, -0.25) is 9.80 Å². The Balaban J connectivity index is 1.70. The van der Waals surface area contributed by atoms with E-state index < -0.39 is 0 Å². The van der Waals surface area contributed by atoms with Crippen LogP contribution in [0.5, 0.6) is 0 Å². The highest BCUT2D eigenvalue weighted by Gasteiger charge is 2.46. The molecule has 1 amide bonds. The Morgan fingerprint density at radius 2 is 1.95 bits per heavy atom. The minimum Gasteiger partial charge on any atom is -0.341 e. The number of allylic oxidation sites excluding steroid dienone is 4. The summed E-state index contributed by atoms with van der Waals surface area (Å²) in [4.78, 5) is 17.2. The Bertz CT molecular complexity index is 1210. The summed E-state index contributed by atoms with van der Waals surface area (Å²) in [7, 11) is 5.95. The molecular formula is C33H45N5O. The van der Waals surface area contributed by atoms with Crippen LogP contribution < -0.4 is 5.01 Å². The Hall–Kier alpha value is -3.17. The van der Waals surface area contributed by atoms with E-state index in [1.54, 1.807) is 0 Å². The van der Waals surface area contributed by atoms with Crippen molar-refractivity contribution in [2.24, 2.45) is 16.9 Å². The van der Waals surface area contributed by atoms with Gasteiger partial charge in [-0.2, -0.15) is 10.4 Å². The minimum atomic E-state index is 0.0976. The molecule has 6 nitrogen and oxygen atoms in total. The van der Waals surface area contributed by atoms with Crippen LogP contribution >= 0.6 is 0 Å². The zero-order chi connectivity index (χ0) is 28.1. The number of amides is 1. The maximum absolute atomic E-state index is 13.3. The molecule has 2 atom stereocenters. The average Bonchev–Trinajstić information content (AvgIpc) is 3.58. The highest BCUT2D eigenvalue weighted by molar-refractivity contribution is 6.09. The molecule has 1 aromatic carbocycles. The summed E-state index contributed by atoms with van der Waals surface area (Å²) in [6.07, 6.45) is 12.9. The third-order valence-corrected chi connectivity index (χ3v) is 8.63. The topological polar surface area (TPSA) is 62.9 Å². The normalized spacial score (nSPS) is 22.8. The Labute approximate surface area is 235 Å². The molecule has 6 heteroatoms. The molecule has 3 aliphatic rings. The first-order valence-corrected chi connectivity index (χ1v) is 14.6. The fourth-order valence-corrected chi connectivity index (χ4v) is 6.38. The van der Waals surface area contributed by atoms with E-state index in [-0.39, 0.29) is 5.91 Å². The average molecular weight is 528 g/mol. The summed E-state index contributed by atoms with van der Waals surface area (Å²) in [5.74, 6) is 1.06. The van der Waals surface area contributed by atoms with Crippen LogP contribution in [-0.2, 0) is 4.79 Å². The fraction of sp³-hybridized carbons (Fsp3) is 0.545. The number of nitrogens with zero attached hydrogens (tertiary/aromatic N) is 5. The smallest absolute Gasteiger partial charge is 0.249 e. The number of hydrogen-bond donors (Lipinski definition) is 0. The lowest BCUT2D eigenvalue weighted by Crippen LogP contribution is -2.40. The second-order valence-electron chi connectivity index (χ2n) is 11.8. The van der Waals surface area contributed by atoms with Crippen molar-refractivity contribution in [3.63, 3.8) is 0 Å². The number of likely N-dealkylation sites (N-methyl/N-ethyl adjacent to an activating group) is 2. The summed E-state index contributed by atoms with van der Waals surface area (Å²) in [6, 6.07) is 8.70. The molecule has 0 spiro atoms. The van der Waals surface area contributed by atoms with E-state index in [4.69, 9.17) is 5.10 Å². The number of nitriles is 1. The lowest BCUT2D eigenvalue weighted by molar-refractivity contribution is -0.126. The number of fused-ring (bicyclic) bond motifs is 1. The number of hydrogen-bond acceptors (Lipinski definition) is 5. The van der Waals surface area contributed by atoms with Crippen LogP contribution in [0.15, 0.2) is 58.8 Å². The minimum absolute atomic E-state index is 0.0976. The number of carbonyl (C=O) groups is 1. The second kappa shape index (κ2) is 12.8. The van der Waals surface area contributed by atoms with Gasteiger partial charge < -0.3 is 9.80 Å². The maximum atomic E-state index is 13.3. The third kappa shape index (κ3) is 6.36. The largest absolute Gasteiger partial charge is 0.341 e. The maximum Gasteiger partial charge on any atom is 0.249 e. The molecule has 2 unspecified atom stereocenters. The van der Waals surface area contributed by atoms with E-state index in [0.717, 1.165) is 65.9 Å². The highest BCUT2D eigenvalue weighted by Crippen LogP contribution is 2.46. The van der Waals surface area contributed by atoms with E-state index in [1.165, 1.54) is 25.7 Å². The van der Waals surface area contributed by atoms with Crippen molar-refractivity contribution in [3.8, 4) is 6.07 Å². The Kier molecular flexibility index (Phi) is 9.45.